The number of anilines is 1. The number of rotatable bonds is 5. The van der Waals surface area contributed by atoms with Crippen molar-refractivity contribution in [3.8, 4) is 11.6 Å². The van der Waals surface area contributed by atoms with Gasteiger partial charge in [-0.2, -0.15) is 0 Å². The average Bonchev–Trinajstić information content (AvgIpc) is 2.69. The summed E-state index contributed by atoms with van der Waals surface area (Å²) in [6, 6.07) is 12.8. The highest BCUT2D eigenvalue weighted by atomic mass is 16.5. The van der Waals surface area contributed by atoms with Gasteiger partial charge < -0.3 is 15.0 Å². The maximum atomic E-state index is 12.7. The van der Waals surface area contributed by atoms with Crippen molar-refractivity contribution in [2.45, 2.75) is 26.2 Å². The number of aromatic nitrogens is 1. The van der Waals surface area contributed by atoms with Gasteiger partial charge in [0.15, 0.2) is 0 Å². The molecule has 0 radical (unpaired) electrons. The third kappa shape index (κ3) is 4.39. The summed E-state index contributed by atoms with van der Waals surface area (Å²) >= 11 is 0. The van der Waals surface area contributed by atoms with Crippen LogP contribution in [0.2, 0.25) is 0 Å². The first-order chi connectivity index (χ1) is 12.7. The highest BCUT2D eigenvalue weighted by Gasteiger charge is 2.28. The Morgan fingerprint density at radius 2 is 2.04 bits per heavy atom. The van der Waals surface area contributed by atoms with E-state index in [1.807, 2.05) is 37.3 Å². The van der Waals surface area contributed by atoms with Crippen LogP contribution in [0, 0.1) is 5.92 Å². The molecule has 136 valence electrons. The topological polar surface area (TPSA) is 71.5 Å². The number of pyridine rings is 1. The van der Waals surface area contributed by atoms with Crippen molar-refractivity contribution in [2.75, 3.05) is 18.4 Å². The predicted octanol–water partition coefficient (Wildman–Crippen LogP) is 3.46. The van der Waals surface area contributed by atoms with Crippen molar-refractivity contribution in [1.82, 2.24) is 9.88 Å². The van der Waals surface area contributed by atoms with Crippen LogP contribution in [0.5, 0.6) is 11.6 Å². The number of carbonyl (C=O) groups is 2. The quantitative estimate of drug-likeness (QED) is 0.893. The third-order valence-electron chi connectivity index (χ3n) is 4.43. The molecule has 1 aliphatic heterocycles. The molecule has 0 unspecified atom stereocenters. The van der Waals surface area contributed by atoms with Gasteiger partial charge in [-0.25, -0.2) is 4.98 Å². The molecule has 2 heterocycles. The maximum absolute atomic E-state index is 12.7. The molecule has 1 fully saturated rings. The van der Waals surface area contributed by atoms with Gasteiger partial charge in [-0.15, -0.1) is 0 Å². The van der Waals surface area contributed by atoms with E-state index in [2.05, 4.69) is 10.3 Å². The zero-order chi connectivity index (χ0) is 18.4. The first-order valence-corrected chi connectivity index (χ1v) is 8.94. The second-order valence-electron chi connectivity index (χ2n) is 6.29. The number of piperidine rings is 1. The van der Waals surface area contributed by atoms with Crippen LogP contribution in [-0.2, 0) is 9.59 Å². The lowest BCUT2D eigenvalue weighted by atomic mass is 9.97. The van der Waals surface area contributed by atoms with Gasteiger partial charge >= 0.3 is 0 Å². The fraction of sp³-hybridized carbons (Fsp3) is 0.350. The van der Waals surface area contributed by atoms with Crippen LogP contribution in [-0.4, -0.2) is 34.8 Å². The van der Waals surface area contributed by atoms with E-state index >= 15 is 0 Å². The van der Waals surface area contributed by atoms with Crippen LogP contribution < -0.4 is 10.1 Å². The molecule has 0 saturated carbocycles. The lowest BCUT2D eigenvalue weighted by Crippen LogP contribution is -2.43. The van der Waals surface area contributed by atoms with Gasteiger partial charge in [0.1, 0.15) is 11.4 Å². The van der Waals surface area contributed by atoms with Gasteiger partial charge in [0.25, 0.3) is 0 Å². The number of nitrogens with one attached hydrogen (secondary N) is 1. The molecule has 1 aromatic carbocycles. The lowest BCUT2D eigenvalue weighted by molar-refractivity contribution is -0.134. The molecule has 0 spiro atoms. The molecule has 1 atom stereocenters. The van der Waals surface area contributed by atoms with Crippen LogP contribution in [0.1, 0.15) is 26.2 Å². The smallest absolute Gasteiger partial charge is 0.243 e. The SMILES string of the molecule is CCC(=O)N1CCC[C@@H](C(=O)Nc2cccnc2Oc2ccccc2)C1. The Bertz CT molecular complexity index is 764. The van der Waals surface area contributed by atoms with Gasteiger partial charge in [-0.3, -0.25) is 9.59 Å². The van der Waals surface area contributed by atoms with Crippen molar-refractivity contribution in [3.63, 3.8) is 0 Å². The average molecular weight is 353 g/mol. The molecular weight excluding hydrogens is 330 g/mol. The highest BCUT2D eigenvalue weighted by Crippen LogP contribution is 2.28. The molecule has 0 bridgehead atoms. The number of hydrogen-bond acceptors (Lipinski definition) is 4. The minimum Gasteiger partial charge on any atom is -0.437 e. The van der Waals surface area contributed by atoms with Crippen LogP contribution in [0.25, 0.3) is 0 Å². The summed E-state index contributed by atoms with van der Waals surface area (Å²) in [6.07, 6.45) is 3.70. The first kappa shape index (κ1) is 17.9. The Hall–Kier alpha value is -2.89. The largest absolute Gasteiger partial charge is 0.437 e. The number of benzene rings is 1. The number of hydrogen-bond donors (Lipinski definition) is 1. The number of ether oxygens (including phenoxy) is 1. The van der Waals surface area contributed by atoms with Crippen LogP contribution >= 0.6 is 0 Å². The molecule has 6 heteroatoms. The van der Waals surface area contributed by atoms with Gasteiger partial charge in [0, 0.05) is 25.7 Å². The Labute approximate surface area is 153 Å². The summed E-state index contributed by atoms with van der Waals surface area (Å²) in [5.41, 5.74) is 0.528. The molecule has 1 aromatic heterocycles. The summed E-state index contributed by atoms with van der Waals surface area (Å²) in [7, 11) is 0. The van der Waals surface area contributed by atoms with Crippen LogP contribution in [0.15, 0.2) is 48.7 Å². The van der Waals surface area contributed by atoms with Crippen molar-refractivity contribution in [1.29, 1.82) is 0 Å². The van der Waals surface area contributed by atoms with E-state index in [0.717, 1.165) is 19.4 Å². The predicted molar refractivity (Wildman–Crippen MR) is 99.0 cm³/mol. The zero-order valence-electron chi connectivity index (χ0n) is 14.9. The van der Waals surface area contributed by atoms with E-state index in [0.29, 0.717) is 30.3 Å². The molecular formula is C20H23N3O3. The van der Waals surface area contributed by atoms with Crippen molar-refractivity contribution in [2.24, 2.45) is 5.92 Å². The summed E-state index contributed by atoms with van der Waals surface area (Å²) in [6.45, 7) is 3.04. The molecule has 1 N–H and O–H groups in total. The minimum absolute atomic E-state index is 0.0944. The Morgan fingerprint density at radius 3 is 2.81 bits per heavy atom. The summed E-state index contributed by atoms with van der Waals surface area (Å²) in [4.78, 5) is 30.6. The van der Waals surface area contributed by atoms with Gasteiger partial charge in [-0.05, 0) is 37.1 Å². The summed E-state index contributed by atoms with van der Waals surface area (Å²) < 4.78 is 5.78. The Morgan fingerprint density at radius 1 is 1.23 bits per heavy atom. The van der Waals surface area contributed by atoms with E-state index in [-0.39, 0.29) is 17.7 Å². The fourth-order valence-electron chi connectivity index (χ4n) is 3.04. The number of amides is 2. The molecule has 2 aromatic rings. The molecule has 26 heavy (non-hydrogen) atoms. The van der Waals surface area contributed by atoms with Crippen molar-refractivity contribution >= 4 is 17.5 Å². The van der Waals surface area contributed by atoms with E-state index in [9.17, 15) is 9.59 Å². The van der Waals surface area contributed by atoms with E-state index in [1.165, 1.54) is 0 Å². The zero-order valence-corrected chi connectivity index (χ0v) is 14.9. The lowest BCUT2D eigenvalue weighted by Gasteiger charge is -2.32. The third-order valence-corrected chi connectivity index (χ3v) is 4.43. The molecule has 1 aliphatic rings. The number of para-hydroxylation sites is 1. The van der Waals surface area contributed by atoms with Gasteiger partial charge in [0.2, 0.25) is 17.7 Å². The van der Waals surface area contributed by atoms with E-state index in [4.69, 9.17) is 4.74 Å². The maximum Gasteiger partial charge on any atom is 0.243 e. The monoisotopic (exact) mass is 353 g/mol. The minimum atomic E-state index is -0.218. The second-order valence-corrected chi connectivity index (χ2v) is 6.29. The van der Waals surface area contributed by atoms with Crippen LogP contribution in [0.4, 0.5) is 5.69 Å². The standard InChI is InChI=1S/C20H23N3O3/c1-2-18(24)23-13-7-8-15(14-23)19(25)22-17-11-6-12-21-20(17)26-16-9-4-3-5-10-16/h3-6,9-12,15H,2,7-8,13-14H2,1H3,(H,22,25)/t15-/m1/s1. The van der Waals surface area contributed by atoms with Crippen molar-refractivity contribution < 1.29 is 14.3 Å². The Balaban J connectivity index is 1.68. The van der Waals surface area contributed by atoms with Crippen molar-refractivity contribution in [3.05, 3.63) is 48.7 Å². The van der Waals surface area contributed by atoms with Crippen LogP contribution in [0.3, 0.4) is 0 Å². The molecule has 0 aliphatic carbocycles. The van der Waals surface area contributed by atoms with E-state index < -0.39 is 0 Å². The van der Waals surface area contributed by atoms with Gasteiger partial charge in [0.05, 0.1) is 5.92 Å². The second kappa shape index (κ2) is 8.47. The summed E-state index contributed by atoms with van der Waals surface area (Å²) in [5.74, 6) is 0.772. The number of nitrogens with zero attached hydrogens (tertiary/aromatic N) is 2. The Kier molecular flexibility index (Phi) is 5.84. The molecule has 2 amide bonds. The first-order valence-electron chi connectivity index (χ1n) is 8.94. The molecule has 1 saturated heterocycles. The number of likely N-dealkylation sites (tertiary alicyclic amines) is 1. The number of carbonyl (C=O) groups excluding carboxylic acids is 2. The highest BCUT2D eigenvalue weighted by molar-refractivity contribution is 5.94. The van der Waals surface area contributed by atoms with E-state index in [1.54, 1.807) is 23.2 Å². The normalized spacial score (nSPS) is 16.8. The summed E-state index contributed by atoms with van der Waals surface area (Å²) in [5, 5.41) is 2.91. The fourth-order valence-corrected chi connectivity index (χ4v) is 3.04. The molecule has 3 rings (SSSR count). The van der Waals surface area contributed by atoms with Gasteiger partial charge in [-0.1, -0.05) is 25.1 Å². The molecule has 6 nitrogen and oxygen atoms in total.